The normalized spacial score (nSPS) is 11.7. The summed E-state index contributed by atoms with van der Waals surface area (Å²) in [5.74, 6) is 0.774. The lowest BCUT2D eigenvalue weighted by Crippen LogP contribution is -2.09. The number of benzene rings is 2. The maximum Gasteiger partial charge on any atom is 0.193 e. The van der Waals surface area contributed by atoms with Crippen molar-refractivity contribution in [3.05, 3.63) is 95.8 Å². The Morgan fingerprint density at radius 3 is 2.37 bits per heavy atom. The number of hydrogen-bond acceptors (Lipinski definition) is 5. The van der Waals surface area contributed by atoms with Crippen LogP contribution < -0.4 is 0 Å². The highest BCUT2D eigenvalue weighted by molar-refractivity contribution is 8.00. The number of nitrogens with zero attached hydrogens (tertiary/aromatic N) is 5. The minimum atomic E-state index is -0.253. The average molecular weight is 412 g/mol. The maximum absolute atomic E-state index is 9.77. The van der Waals surface area contributed by atoms with Crippen LogP contribution in [-0.4, -0.2) is 25.0 Å². The van der Waals surface area contributed by atoms with Crippen LogP contribution in [0.2, 0.25) is 0 Å². The zero-order valence-corrected chi connectivity index (χ0v) is 17.5. The zero-order chi connectivity index (χ0) is 20.8. The summed E-state index contributed by atoms with van der Waals surface area (Å²) in [6, 6.07) is 24.8. The van der Waals surface area contributed by atoms with Gasteiger partial charge in [-0.1, -0.05) is 71.9 Å². The molecule has 0 saturated carbocycles. The van der Waals surface area contributed by atoms with Crippen LogP contribution in [-0.2, 0) is 13.0 Å². The van der Waals surface area contributed by atoms with Crippen LogP contribution in [0.5, 0.6) is 0 Å². The van der Waals surface area contributed by atoms with E-state index in [1.54, 1.807) is 12.4 Å². The van der Waals surface area contributed by atoms with Crippen molar-refractivity contribution in [1.82, 2.24) is 19.7 Å². The number of rotatable bonds is 7. The van der Waals surface area contributed by atoms with Crippen molar-refractivity contribution >= 4 is 11.8 Å². The van der Waals surface area contributed by atoms with Crippen molar-refractivity contribution in [1.29, 1.82) is 5.26 Å². The summed E-state index contributed by atoms with van der Waals surface area (Å²) in [7, 11) is 0. The highest BCUT2D eigenvalue weighted by Gasteiger charge is 2.19. The summed E-state index contributed by atoms with van der Waals surface area (Å²) in [5.41, 5.74) is 4.46. The van der Waals surface area contributed by atoms with E-state index >= 15 is 0 Å². The van der Waals surface area contributed by atoms with Crippen LogP contribution in [0, 0.1) is 18.3 Å². The minimum absolute atomic E-state index is 0.253. The van der Waals surface area contributed by atoms with Gasteiger partial charge < -0.3 is 0 Å². The molecule has 4 aromatic rings. The lowest BCUT2D eigenvalue weighted by Gasteiger charge is -2.13. The quantitative estimate of drug-likeness (QED) is 0.404. The molecule has 0 fully saturated rings. The Morgan fingerprint density at radius 2 is 1.67 bits per heavy atom. The predicted octanol–water partition coefficient (Wildman–Crippen LogP) is 4.92. The van der Waals surface area contributed by atoms with Crippen LogP contribution >= 0.6 is 11.8 Å². The lowest BCUT2D eigenvalue weighted by molar-refractivity contribution is 0.713. The number of thioether (sulfide) groups is 1. The van der Waals surface area contributed by atoms with Crippen molar-refractivity contribution in [2.24, 2.45) is 0 Å². The molecule has 30 heavy (non-hydrogen) atoms. The Kier molecular flexibility index (Phi) is 6.21. The summed E-state index contributed by atoms with van der Waals surface area (Å²) < 4.78 is 2.08. The van der Waals surface area contributed by atoms with Gasteiger partial charge in [0.2, 0.25) is 0 Å². The number of aromatic nitrogens is 4. The molecule has 148 valence electrons. The number of hydrogen-bond donors (Lipinski definition) is 0. The first-order chi connectivity index (χ1) is 14.7. The molecule has 0 amide bonds. The molecule has 1 atom stereocenters. The lowest BCUT2D eigenvalue weighted by atomic mass is 10.1. The summed E-state index contributed by atoms with van der Waals surface area (Å²) in [4.78, 5) is 4.10. The second-order valence-corrected chi connectivity index (χ2v) is 8.21. The van der Waals surface area contributed by atoms with Crippen molar-refractivity contribution in [3.63, 3.8) is 0 Å². The molecule has 2 heterocycles. The molecule has 0 radical (unpaired) electrons. The molecule has 0 spiro atoms. The van der Waals surface area contributed by atoms with E-state index in [0.29, 0.717) is 13.0 Å². The first kappa shape index (κ1) is 19.9. The third-order valence-corrected chi connectivity index (χ3v) is 5.84. The summed E-state index contributed by atoms with van der Waals surface area (Å²) >= 11 is 1.46. The van der Waals surface area contributed by atoms with E-state index in [9.17, 15) is 5.26 Å². The third-order valence-electron chi connectivity index (χ3n) is 4.77. The first-order valence-electron chi connectivity index (χ1n) is 9.72. The Hall–Kier alpha value is -3.43. The minimum Gasteiger partial charge on any atom is -0.298 e. The summed E-state index contributed by atoms with van der Waals surface area (Å²) in [5, 5.41) is 19.1. The van der Waals surface area contributed by atoms with Crippen LogP contribution in [0.3, 0.4) is 0 Å². The SMILES string of the molecule is Cc1ccc(C[C@@H](C#N)Sc2nnc(-c3ccncc3)n2Cc2ccccc2)cc1. The monoisotopic (exact) mass is 411 g/mol. The summed E-state index contributed by atoms with van der Waals surface area (Å²) in [6.07, 6.45) is 4.16. The maximum atomic E-state index is 9.77. The molecule has 0 aliphatic heterocycles. The molecular weight excluding hydrogens is 390 g/mol. The molecule has 2 aromatic carbocycles. The Morgan fingerprint density at radius 1 is 0.933 bits per heavy atom. The predicted molar refractivity (Wildman–Crippen MR) is 119 cm³/mol. The van der Waals surface area contributed by atoms with Crippen LogP contribution in [0.25, 0.3) is 11.4 Å². The van der Waals surface area contributed by atoms with Crippen molar-refractivity contribution in [3.8, 4) is 17.5 Å². The van der Waals surface area contributed by atoms with Crippen molar-refractivity contribution in [2.45, 2.75) is 30.3 Å². The van der Waals surface area contributed by atoms with Gasteiger partial charge in [0.1, 0.15) is 5.25 Å². The van der Waals surface area contributed by atoms with Gasteiger partial charge in [-0.25, -0.2) is 0 Å². The zero-order valence-electron chi connectivity index (χ0n) is 16.6. The fraction of sp³-hybridized carbons (Fsp3) is 0.167. The molecule has 0 unspecified atom stereocenters. The largest absolute Gasteiger partial charge is 0.298 e. The van der Waals surface area contributed by atoms with Gasteiger partial charge in [0.15, 0.2) is 11.0 Å². The molecule has 0 aliphatic carbocycles. The number of nitriles is 1. The van der Waals surface area contributed by atoms with Gasteiger partial charge in [0.25, 0.3) is 0 Å². The second-order valence-electron chi connectivity index (χ2n) is 7.04. The highest BCUT2D eigenvalue weighted by Crippen LogP contribution is 2.29. The molecule has 4 rings (SSSR count). The Balaban J connectivity index is 1.64. The van der Waals surface area contributed by atoms with E-state index in [4.69, 9.17) is 0 Å². The molecule has 0 saturated heterocycles. The van der Waals surface area contributed by atoms with Gasteiger partial charge in [-0.2, -0.15) is 5.26 Å². The standard InChI is InChI=1S/C24H21N5S/c1-18-7-9-19(10-8-18)15-22(16-25)30-24-28-27-23(21-11-13-26-14-12-21)29(24)17-20-5-3-2-4-6-20/h2-14,22H,15,17H2,1H3/t22-/m0/s1. The van der Waals surface area contributed by atoms with E-state index in [2.05, 4.69) is 69.1 Å². The molecule has 0 aliphatic rings. The summed E-state index contributed by atoms with van der Waals surface area (Å²) in [6.45, 7) is 2.70. The fourth-order valence-electron chi connectivity index (χ4n) is 3.18. The van der Waals surface area contributed by atoms with E-state index in [1.807, 2.05) is 30.3 Å². The van der Waals surface area contributed by atoms with Crippen molar-refractivity contribution < 1.29 is 0 Å². The Labute approximate surface area is 180 Å². The average Bonchev–Trinajstić information content (AvgIpc) is 3.18. The fourth-order valence-corrected chi connectivity index (χ4v) is 4.13. The molecule has 0 N–H and O–H groups in total. The number of aryl methyl sites for hydroxylation is 1. The topological polar surface area (TPSA) is 67.4 Å². The molecular formula is C24H21N5S. The van der Waals surface area contributed by atoms with Gasteiger partial charge in [-0.05, 0) is 36.6 Å². The molecule has 0 bridgehead atoms. The van der Waals surface area contributed by atoms with E-state index < -0.39 is 0 Å². The van der Waals surface area contributed by atoms with Crippen LogP contribution in [0.1, 0.15) is 16.7 Å². The molecule has 5 nitrogen and oxygen atoms in total. The van der Waals surface area contributed by atoms with Crippen LogP contribution in [0.4, 0.5) is 0 Å². The Bertz CT molecular complexity index is 1130. The van der Waals surface area contributed by atoms with Crippen molar-refractivity contribution in [2.75, 3.05) is 0 Å². The van der Waals surface area contributed by atoms with E-state index in [0.717, 1.165) is 27.7 Å². The van der Waals surface area contributed by atoms with Gasteiger partial charge in [-0.3, -0.25) is 9.55 Å². The van der Waals surface area contributed by atoms with Crippen LogP contribution in [0.15, 0.2) is 84.3 Å². The van der Waals surface area contributed by atoms with Gasteiger partial charge in [-0.15, -0.1) is 10.2 Å². The second kappa shape index (κ2) is 9.38. The smallest absolute Gasteiger partial charge is 0.193 e. The van der Waals surface area contributed by atoms with Gasteiger partial charge in [0.05, 0.1) is 12.6 Å². The third kappa shape index (κ3) is 4.76. The van der Waals surface area contributed by atoms with E-state index in [1.165, 1.54) is 17.3 Å². The highest BCUT2D eigenvalue weighted by atomic mass is 32.2. The first-order valence-corrected chi connectivity index (χ1v) is 10.6. The van der Waals surface area contributed by atoms with E-state index in [-0.39, 0.29) is 5.25 Å². The molecule has 2 aromatic heterocycles. The number of pyridine rings is 1. The van der Waals surface area contributed by atoms with Gasteiger partial charge in [0, 0.05) is 18.0 Å². The molecule has 6 heteroatoms. The van der Waals surface area contributed by atoms with Gasteiger partial charge >= 0.3 is 0 Å².